The van der Waals surface area contributed by atoms with Gasteiger partial charge in [-0.25, -0.2) is 0 Å². The highest BCUT2D eigenvalue weighted by molar-refractivity contribution is 7.99. The van der Waals surface area contributed by atoms with Gasteiger partial charge < -0.3 is 15.2 Å². The third-order valence-corrected chi connectivity index (χ3v) is 4.24. The Morgan fingerprint density at radius 3 is 3.29 bits per heavy atom. The van der Waals surface area contributed by atoms with Gasteiger partial charge in [-0.2, -0.15) is 16.1 Å². The van der Waals surface area contributed by atoms with Crippen LogP contribution < -0.4 is 10.1 Å². The van der Waals surface area contributed by atoms with Crippen molar-refractivity contribution >= 4 is 23.5 Å². The molecule has 7 heteroatoms. The summed E-state index contributed by atoms with van der Waals surface area (Å²) in [6.07, 6.45) is 3.53. The Balaban J connectivity index is 1.58. The van der Waals surface area contributed by atoms with E-state index in [1.54, 1.807) is 6.20 Å². The van der Waals surface area contributed by atoms with Crippen molar-refractivity contribution in [1.82, 2.24) is 14.1 Å². The van der Waals surface area contributed by atoms with E-state index in [1.807, 2.05) is 11.8 Å². The number of ether oxygens (including phenoxy) is 1. The van der Waals surface area contributed by atoms with E-state index in [-0.39, 0.29) is 6.61 Å². The number of thioether (sulfide) groups is 1. The molecule has 2 rings (SSSR count). The average molecular weight is 275 g/mol. The second kappa shape index (κ2) is 7.15. The molecular formula is C10H17N3O2S2. The first kappa shape index (κ1) is 13.1. The summed E-state index contributed by atoms with van der Waals surface area (Å²) in [4.78, 5) is 0. The van der Waals surface area contributed by atoms with Crippen LogP contribution in [0, 0.1) is 0 Å². The van der Waals surface area contributed by atoms with Crippen LogP contribution in [0.15, 0.2) is 6.20 Å². The zero-order valence-corrected chi connectivity index (χ0v) is 11.2. The lowest BCUT2D eigenvalue weighted by Gasteiger charge is -2.23. The first-order valence-electron chi connectivity index (χ1n) is 5.74. The fraction of sp³-hybridized carbons (Fsp3) is 0.800. The molecule has 1 aliphatic heterocycles. The van der Waals surface area contributed by atoms with Crippen LogP contribution in [0.3, 0.4) is 0 Å². The van der Waals surface area contributed by atoms with Crippen molar-refractivity contribution in [3.05, 3.63) is 6.20 Å². The van der Waals surface area contributed by atoms with Crippen LogP contribution in [0.25, 0.3) is 0 Å². The molecule has 1 aromatic rings. The van der Waals surface area contributed by atoms with Crippen molar-refractivity contribution in [2.24, 2.45) is 0 Å². The van der Waals surface area contributed by atoms with Crippen molar-refractivity contribution in [2.45, 2.75) is 25.0 Å². The number of aliphatic hydroxyl groups excluding tert-OH is 1. The lowest BCUT2D eigenvalue weighted by Crippen LogP contribution is -2.40. The first-order valence-corrected chi connectivity index (χ1v) is 7.62. The molecule has 5 nitrogen and oxygen atoms in total. The maximum atomic E-state index is 9.74. The summed E-state index contributed by atoms with van der Waals surface area (Å²) >= 11 is 3.08. The highest BCUT2D eigenvalue weighted by atomic mass is 32.2. The molecule has 2 N–H and O–H groups in total. The van der Waals surface area contributed by atoms with Crippen LogP contribution in [0.5, 0.6) is 5.88 Å². The lowest BCUT2D eigenvalue weighted by atomic mass is 10.2. The Kier molecular flexibility index (Phi) is 5.50. The van der Waals surface area contributed by atoms with Gasteiger partial charge in [-0.1, -0.05) is 0 Å². The second-order valence-electron chi connectivity index (χ2n) is 4.03. The van der Waals surface area contributed by atoms with Gasteiger partial charge in [0.1, 0.15) is 18.9 Å². The van der Waals surface area contributed by atoms with Crippen LogP contribution in [0.1, 0.15) is 12.8 Å². The van der Waals surface area contributed by atoms with E-state index >= 15 is 0 Å². The summed E-state index contributed by atoms with van der Waals surface area (Å²) in [5.41, 5.74) is 0. The molecule has 2 unspecified atom stereocenters. The zero-order valence-electron chi connectivity index (χ0n) is 9.54. The van der Waals surface area contributed by atoms with Crippen molar-refractivity contribution in [3.8, 4) is 5.88 Å². The number of nitrogens with zero attached hydrogens (tertiary/aromatic N) is 2. The average Bonchev–Trinajstić information content (AvgIpc) is 2.88. The van der Waals surface area contributed by atoms with E-state index in [1.165, 1.54) is 18.6 Å². The standard InChI is InChI=1S/C10H17N3O2S2/c14-9(6-15-10-5-12-17-13-10)4-11-8-2-1-3-16-7-8/h5,8-9,11,14H,1-4,6-7H2. The maximum Gasteiger partial charge on any atom is 0.245 e. The van der Waals surface area contributed by atoms with E-state index in [4.69, 9.17) is 4.74 Å². The molecule has 96 valence electrons. The maximum absolute atomic E-state index is 9.74. The molecule has 0 bridgehead atoms. The largest absolute Gasteiger partial charge is 0.473 e. The monoisotopic (exact) mass is 275 g/mol. The number of hydrogen-bond acceptors (Lipinski definition) is 7. The van der Waals surface area contributed by atoms with Gasteiger partial charge in [-0.15, -0.1) is 4.37 Å². The Morgan fingerprint density at radius 2 is 2.59 bits per heavy atom. The Hall–Kier alpha value is -0.370. The predicted molar refractivity (Wildman–Crippen MR) is 69.8 cm³/mol. The van der Waals surface area contributed by atoms with Gasteiger partial charge in [0, 0.05) is 18.3 Å². The summed E-state index contributed by atoms with van der Waals surface area (Å²) in [6.45, 7) is 0.834. The molecule has 1 saturated heterocycles. The van der Waals surface area contributed by atoms with Crippen LogP contribution in [-0.4, -0.2) is 50.7 Å². The molecule has 0 spiro atoms. The Labute approximate surface area is 109 Å². The molecular weight excluding hydrogens is 258 g/mol. The third kappa shape index (κ3) is 4.79. The predicted octanol–water partition coefficient (Wildman–Crippen LogP) is 0.763. The molecule has 0 saturated carbocycles. The van der Waals surface area contributed by atoms with Crippen LogP contribution in [0.4, 0.5) is 0 Å². The molecule has 2 heterocycles. The summed E-state index contributed by atoms with van der Waals surface area (Å²) < 4.78 is 13.0. The van der Waals surface area contributed by atoms with E-state index in [2.05, 4.69) is 14.1 Å². The van der Waals surface area contributed by atoms with Crippen LogP contribution >= 0.6 is 23.5 Å². The molecule has 0 amide bonds. The zero-order chi connectivity index (χ0) is 11.9. The smallest absolute Gasteiger partial charge is 0.245 e. The molecule has 1 fully saturated rings. The molecule has 0 aliphatic carbocycles. The topological polar surface area (TPSA) is 67.3 Å². The second-order valence-corrected chi connectivity index (χ2v) is 5.74. The highest BCUT2D eigenvalue weighted by Crippen LogP contribution is 2.16. The van der Waals surface area contributed by atoms with Gasteiger partial charge in [-0.3, -0.25) is 0 Å². The number of nitrogens with one attached hydrogen (secondary N) is 1. The number of hydrogen-bond donors (Lipinski definition) is 2. The van der Waals surface area contributed by atoms with Gasteiger partial charge in [0.05, 0.1) is 11.7 Å². The van der Waals surface area contributed by atoms with E-state index in [0.29, 0.717) is 18.5 Å². The Morgan fingerprint density at radius 1 is 1.65 bits per heavy atom. The Bertz CT molecular complexity index is 305. The van der Waals surface area contributed by atoms with E-state index in [0.717, 1.165) is 17.5 Å². The summed E-state index contributed by atoms with van der Waals surface area (Å²) in [7, 11) is 0. The first-order chi connectivity index (χ1) is 8.34. The minimum Gasteiger partial charge on any atom is -0.473 e. The molecule has 1 aliphatic rings. The number of aliphatic hydroxyl groups is 1. The van der Waals surface area contributed by atoms with Gasteiger partial charge in [0.25, 0.3) is 0 Å². The normalized spacial score (nSPS) is 22.3. The van der Waals surface area contributed by atoms with Gasteiger partial charge in [-0.05, 0) is 18.6 Å². The minimum absolute atomic E-state index is 0.262. The molecule has 1 aromatic heterocycles. The van der Waals surface area contributed by atoms with Crippen molar-refractivity contribution in [2.75, 3.05) is 24.7 Å². The van der Waals surface area contributed by atoms with Gasteiger partial charge in [0.2, 0.25) is 5.88 Å². The quantitative estimate of drug-likeness (QED) is 0.799. The van der Waals surface area contributed by atoms with Crippen LogP contribution in [-0.2, 0) is 0 Å². The van der Waals surface area contributed by atoms with Crippen molar-refractivity contribution < 1.29 is 9.84 Å². The van der Waals surface area contributed by atoms with Crippen molar-refractivity contribution in [1.29, 1.82) is 0 Å². The number of rotatable bonds is 6. The molecule has 2 atom stereocenters. The fourth-order valence-corrected chi connectivity index (χ4v) is 3.14. The molecule has 0 aromatic carbocycles. The SMILES string of the molecule is OC(CNC1CCCSC1)COc1cnsn1. The lowest BCUT2D eigenvalue weighted by molar-refractivity contribution is 0.102. The summed E-state index contributed by atoms with van der Waals surface area (Å²) in [6, 6.07) is 0.532. The van der Waals surface area contributed by atoms with E-state index < -0.39 is 6.10 Å². The number of aromatic nitrogens is 2. The van der Waals surface area contributed by atoms with Gasteiger partial charge >= 0.3 is 0 Å². The van der Waals surface area contributed by atoms with Crippen LogP contribution in [0.2, 0.25) is 0 Å². The summed E-state index contributed by atoms with van der Waals surface area (Å²) in [5, 5.41) is 13.1. The third-order valence-electron chi connectivity index (χ3n) is 2.57. The van der Waals surface area contributed by atoms with Gasteiger partial charge in [0.15, 0.2) is 0 Å². The summed E-state index contributed by atoms with van der Waals surface area (Å²) in [5.74, 6) is 2.90. The van der Waals surface area contributed by atoms with Crippen molar-refractivity contribution in [3.63, 3.8) is 0 Å². The molecule has 17 heavy (non-hydrogen) atoms. The minimum atomic E-state index is -0.497. The highest BCUT2D eigenvalue weighted by Gasteiger charge is 2.15. The molecule has 0 radical (unpaired) electrons. The fourth-order valence-electron chi connectivity index (χ4n) is 1.66. The van der Waals surface area contributed by atoms with E-state index in [9.17, 15) is 5.11 Å².